The fourth-order valence-corrected chi connectivity index (χ4v) is 4.20. The number of phenolic OH excluding ortho intramolecular Hbond substituents is 1. The van der Waals surface area contributed by atoms with Gasteiger partial charge in [-0.25, -0.2) is 0 Å². The average molecular weight is 532 g/mol. The van der Waals surface area contributed by atoms with Crippen molar-refractivity contribution < 1.29 is 54.0 Å². The summed E-state index contributed by atoms with van der Waals surface area (Å²) in [5.74, 6) is 1.84. The second-order valence-corrected chi connectivity index (χ2v) is 9.21. The van der Waals surface area contributed by atoms with Crippen LogP contribution in [0.2, 0.25) is 5.02 Å². The van der Waals surface area contributed by atoms with E-state index < -0.39 is 0 Å². The zero-order valence-corrected chi connectivity index (χ0v) is 24.5. The van der Waals surface area contributed by atoms with Gasteiger partial charge >= 0.3 is 29.6 Å². The first kappa shape index (κ1) is 30.6. The number of benzene rings is 3. The van der Waals surface area contributed by atoms with Crippen molar-refractivity contribution in [3.05, 3.63) is 93.7 Å². The molecule has 8 heteroatoms. The largest absolute Gasteiger partial charge is 1.00 e. The summed E-state index contributed by atoms with van der Waals surface area (Å²) >= 11 is 6.35. The van der Waals surface area contributed by atoms with Crippen molar-refractivity contribution >= 4 is 18.0 Å². The SMILES string of the molecule is C=C([O-])C1CCOc2cc(Oc3ccc(C)cc3C)c(Cl)cc21.Cc1ccc(CCNC=O)c(O)c1.[Na+]. The molecular weight excluding hydrogens is 501 g/mol. The summed E-state index contributed by atoms with van der Waals surface area (Å²) in [5, 5.41) is 24.2. The Kier molecular flexibility index (Phi) is 11.9. The van der Waals surface area contributed by atoms with E-state index in [1.165, 1.54) is 5.56 Å². The second kappa shape index (κ2) is 14.3. The number of hydrogen-bond donors (Lipinski definition) is 2. The number of carbonyl (C=O) groups excluding carboxylic acids is 1. The number of allylic oxidation sites excluding steroid dienone is 1. The molecule has 1 aliphatic heterocycles. The summed E-state index contributed by atoms with van der Waals surface area (Å²) in [6.07, 6.45) is 1.94. The molecular formula is C29H31ClNNaO5. The minimum absolute atomic E-state index is 0. The molecule has 1 aliphatic rings. The third-order valence-corrected chi connectivity index (χ3v) is 6.20. The van der Waals surface area contributed by atoms with Crippen LogP contribution >= 0.6 is 11.6 Å². The van der Waals surface area contributed by atoms with Crippen LogP contribution in [-0.4, -0.2) is 24.7 Å². The van der Waals surface area contributed by atoms with Crippen LogP contribution in [0, 0.1) is 20.8 Å². The van der Waals surface area contributed by atoms with Gasteiger partial charge in [0.15, 0.2) is 0 Å². The molecule has 190 valence electrons. The summed E-state index contributed by atoms with van der Waals surface area (Å²) in [5.41, 5.74) is 4.89. The Balaban J connectivity index is 0.000000295. The number of nitrogens with one attached hydrogen (secondary N) is 1. The standard InChI is InChI=1S/C19H19ClO3.C10H13NO2.Na/c1-11-4-5-17(12(2)8-11)23-19-10-18-15(9-16(19)20)14(13(3)21)6-7-22-18;1-8-2-3-9(10(13)6-8)4-5-11-7-12;/h4-5,8-10,14,21H,3,6-7H2,1-2H3;2-3,6-7,13H,4-5H2,1H3,(H,11,12);/q;;+1/p-1. The van der Waals surface area contributed by atoms with E-state index in [0.717, 1.165) is 28.0 Å². The van der Waals surface area contributed by atoms with Gasteiger partial charge in [0.2, 0.25) is 6.41 Å². The smallest absolute Gasteiger partial charge is 0.875 e. The Bertz CT molecular complexity index is 1250. The minimum atomic E-state index is -0.258. The monoisotopic (exact) mass is 531 g/mol. The van der Waals surface area contributed by atoms with Crippen molar-refractivity contribution in [3.63, 3.8) is 0 Å². The van der Waals surface area contributed by atoms with Gasteiger partial charge < -0.3 is 25.0 Å². The van der Waals surface area contributed by atoms with E-state index in [2.05, 4.69) is 18.0 Å². The predicted octanol–water partition coefficient (Wildman–Crippen LogP) is 2.48. The Morgan fingerprint density at radius 3 is 2.51 bits per heavy atom. The van der Waals surface area contributed by atoms with E-state index in [9.17, 15) is 15.0 Å². The van der Waals surface area contributed by atoms with Gasteiger partial charge in [0.05, 0.1) is 11.6 Å². The zero-order valence-electron chi connectivity index (χ0n) is 21.8. The molecule has 0 saturated carbocycles. The normalized spacial score (nSPS) is 13.6. The second-order valence-electron chi connectivity index (χ2n) is 8.80. The maximum absolute atomic E-state index is 11.7. The zero-order chi connectivity index (χ0) is 26.2. The van der Waals surface area contributed by atoms with Gasteiger partial charge in [-0.3, -0.25) is 4.79 Å². The molecule has 0 spiro atoms. The number of rotatable bonds is 7. The number of fused-ring (bicyclic) bond motifs is 1. The number of hydrogen-bond acceptors (Lipinski definition) is 5. The van der Waals surface area contributed by atoms with Gasteiger partial charge in [0.1, 0.15) is 23.0 Å². The molecule has 37 heavy (non-hydrogen) atoms. The average Bonchev–Trinajstić information content (AvgIpc) is 2.82. The minimum Gasteiger partial charge on any atom is -0.875 e. The van der Waals surface area contributed by atoms with Gasteiger partial charge in [0, 0.05) is 24.1 Å². The van der Waals surface area contributed by atoms with Crippen LogP contribution in [0.25, 0.3) is 0 Å². The number of amides is 1. The van der Waals surface area contributed by atoms with Crippen LogP contribution < -0.4 is 49.5 Å². The maximum atomic E-state index is 11.7. The molecule has 3 aromatic carbocycles. The molecule has 0 fully saturated rings. The Morgan fingerprint density at radius 1 is 1.16 bits per heavy atom. The molecule has 1 unspecified atom stereocenters. The fourth-order valence-electron chi connectivity index (χ4n) is 3.99. The van der Waals surface area contributed by atoms with E-state index in [-0.39, 0.29) is 41.2 Å². The molecule has 6 nitrogen and oxygen atoms in total. The van der Waals surface area contributed by atoms with Crippen molar-refractivity contribution in [1.29, 1.82) is 0 Å². The summed E-state index contributed by atoms with van der Waals surface area (Å²) in [6.45, 7) is 10.5. The molecule has 0 radical (unpaired) electrons. The maximum Gasteiger partial charge on any atom is 1.00 e. The van der Waals surface area contributed by atoms with E-state index >= 15 is 0 Å². The molecule has 4 rings (SSSR count). The molecule has 1 amide bonds. The quantitative estimate of drug-likeness (QED) is 0.212. The number of ether oxygens (including phenoxy) is 2. The number of carbonyl (C=O) groups is 1. The van der Waals surface area contributed by atoms with Crippen molar-refractivity contribution in [3.8, 4) is 23.0 Å². The Hall–Kier alpha value is -2.64. The number of aromatic hydroxyl groups is 1. The summed E-state index contributed by atoms with van der Waals surface area (Å²) in [6, 6.07) is 15.0. The fraction of sp³-hybridized carbons (Fsp3) is 0.276. The first-order valence-corrected chi connectivity index (χ1v) is 12.1. The van der Waals surface area contributed by atoms with Gasteiger partial charge in [-0.15, -0.1) is 12.3 Å². The van der Waals surface area contributed by atoms with Gasteiger partial charge in [0.25, 0.3) is 0 Å². The van der Waals surface area contributed by atoms with Crippen molar-refractivity contribution in [2.24, 2.45) is 0 Å². The molecule has 0 bridgehead atoms. The van der Waals surface area contributed by atoms with Gasteiger partial charge in [-0.2, -0.15) is 0 Å². The molecule has 3 aromatic rings. The first-order valence-electron chi connectivity index (χ1n) is 11.7. The molecule has 2 N–H and O–H groups in total. The van der Waals surface area contributed by atoms with Crippen LogP contribution in [0.4, 0.5) is 0 Å². The molecule has 0 aromatic heterocycles. The van der Waals surface area contributed by atoms with Crippen molar-refractivity contribution in [2.45, 2.75) is 39.5 Å². The summed E-state index contributed by atoms with van der Waals surface area (Å²) in [4.78, 5) is 9.96. The number of phenols is 1. The van der Waals surface area contributed by atoms with Crippen LogP contribution in [0.3, 0.4) is 0 Å². The van der Waals surface area contributed by atoms with Crippen LogP contribution in [-0.2, 0) is 11.2 Å². The molecule has 1 atom stereocenters. The molecule has 1 heterocycles. The van der Waals surface area contributed by atoms with Crippen LogP contribution in [0.1, 0.15) is 40.2 Å². The van der Waals surface area contributed by atoms with Crippen LogP contribution in [0.5, 0.6) is 23.0 Å². The third kappa shape index (κ3) is 8.44. The predicted molar refractivity (Wildman–Crippen MR) is 140 cm³/mol. The third-order valence-electron chi connectivity index (χ3n) is 5.91. The number of aryl methyl sites for hydroxylation is 3. The van der Waals surface area contributed by atoms with E-state index in [1.54, 1.807) is 18.2 Å². The molecule has 0 saturated heterocycles. The van der Waals surface area contributed by atoms with E-state index in [0.29, 0.717) is 54.7 Å². The number of halogens is 1. The Morgan fingerprint density at radius 2 is 1.86 bits per heavy atom. The Labute approximate surface area is 245 Å². The molecule has 0 aliphatic carbocycles. The van der Waals surface area contributed by atoms with E-state index in [4.69, 9.17) is 21.1 Å². The summed E-state index contributed by atoms with van der Waals surface area (Å²) < 4.78 is 11.6. The summed E-state index contributed by atoms with van der Waals surface area (Å²) in [7, 11) is 0. The van der Waals surface area contributed by atoms with Crippen LogP contribution in [0.15, 0.2) is 60.9 Å². The first-order chi connectivity index (χ1) is 17.2. The van der Waals surface area contributed by atoms with Gasteiger partial charge in [-0.05, 0) is 68.5 Å². The topological polar surface area (TPSA) is 90.9 Å². The van der Waals surface area contributed by atoms with Crippen molar-refractivity contribution in [1.82, 2.24) is 5.32 Å². The van der Waals surface area contributed by atoms with Crippen molar-refractivity contribution in [2.75, 3.05) is 13.2 Å². The van der Waals surface area contributed by atoms with E-state index in [1.807, 2.05) is 45.0 Å². The van der Waals surface area contributed by atoms with Gasteiger partial charge in [-0.1, -0.05) is 41.4 Å².